The number of anilines is 1. The average molecular weight is 406 g/mol. The maximum atomic E-state index is 11.3. The Morgan fingerprint density at radius 2 is 1.66 bits per heavy atom. The highest BCUT2D eigenvalue weighted by Gasteiger charge is 2.22. The summed E-state index contributed by atoms with van der Waals surface area (Å²) in [6, 6.07) is 24.1. The number of hydrogen-bond donors (Lipinski definition) is 0. The Balaban J connectivity index is 1.36. The van der Waals surface area contributed by atoms with Crippen LogP contribution >= 0.6 is 11.6 Å². The lowest BCUT2D eigenvalue weighted by Gasteiger charge is -2.35. The van der Waals surface area contributed by atoms with Crippen LogP contribution in [-0.2, 0) is 11.3 Å². The van der Waals surface area contributed by atoms with Gasteiger partial charge in [0.1, 0.15) is 0 Å². The normalized spacial score (nSPS) is 16.6. The van der Waals surface area contributed by atoms with Gasteiger partial charge in [-0.05, 0) is 53.8 Å². The molecular weight excluding hydrogens is 382 g/mol. The molecule has 0 bridgehead atoms. The molecule has 4 rings (SSSR count). The number of ether oxygens (including phenoxy) is 1. The van der Waals surface area contributed by atoms with Crippen LogP contribution in [0.4, 0.5) is 5.69 Å². The number of hydrogen-bond acceptors (Lipinski definition) is 3. The molecule has 1 aliphatic heterocycles. The molecule has 0 N–H and O–H groups in total. The number of carbonyl (C=O) groups excluding carboxylic acids is 1. The molecule has 0 amide bonds. The van der Waals surface area contributed by atoms with Crippen LogP contribution in [0.15, 0.2) is 72.8 Å². The third kappa shape index (κ3) is 4.87. The first-order valence-electron chi connectivity index (χ1n) is 9.98. The van der Waals surface area contributed by atoms with Gasteiger partial charge in [0, 0.05) is 29.4 Å². The molecule has 4 heteroatoms. The van der Waals surface area contributed by atoms with Crippen LogP contribution in [0.1, 0.15) is 28.8 Å². The summed E-state index contributed by atoms with van der Waals surface area (Å²) < 4.78 is 6.21. The van der Waals surface area contributed by atoms with Crippen molar-refractivity contribution in [3.05, 3.63) is 88.9 Å². The van der Waals surface area contributed by atoms with Gasteiger partial charge >= 0.3 is 0 Å². The molecule has 1 heterocycles. The Hall–Kier alpha value is -2.62. The second kappa shape index (κ2) is 9.25. The van der Waals surface area contributed by atoms with Crippen molar-refractivity contribution < 1.29 is 9.53 Å². The number of carbonyl (C=O) groups is 1. The molecule has 1 aliphatic rings. The molecule has 0 radical (unpaired) electrons. The highest BCUT2D eigenvalue weighted by Crippen LogP contribution is 2.25. The number of aldehydes is 1. The molecule has 1 atom stereocenters. The molecule has 3 nitrogen and oxygen atoms in total. The Kier molecular flexibility index (Phi) is 6.28. The van der Waals surface area contributed by atoms with E-state index in [-0.39, 0.29) is 6.10 Å². The minimum atomic E-state index is 0.166. The molecule has 3 aromatic carbocycles. The lowest BCUT2D eigenvalue weighted by molar-refractivity contribution is 0.0315. The van der Waals surface area contributed by atoms with Crippen molar-refractivity contribution in [2.24, 2.45) is 0 Å². The van der Waals surface area contributed by atoms with Gasteiger partial charge in [-0.1, -0.05) is 60.1 Å². The van der Waals surface area contributed by atoms with Crippen molar-refractivity contribution in [3.8, 4) is 11.1 Å². The zero-order chi connectivity index (χ0) is 20.1. The molecular formula is C25H24ClNO2. The van der Waals surface area contributed by atoms with E-state index in [0.29, 0.717) is 6.61 Å². The van der Waals surface area contributed by atoms with Crippen molar-refractivity contribution in [2.45, 2.75) is 25.6 Å². The first-order valence-corrected chi connectivity index (χ1v) is 10.4. The molecule has 0 saturated carbocycles. The molecule has 1 fully saturated rings. The van der Waals surface area contributed by atoms with Crippen molar-refractivity contribution in [3.63, 3.8) is 0 Å². The second-order valence-electron chi connectivity index (χ2n) is 7.40. The van der Waals surface area contributed by atoms with E-state index < -0.39 is 0 Å². The monoisotopic (exact) mass is 405 g/mol. The number of nitrogens with zero attached hydrogens (tertiary/aromatic N) is 1. The number of rotatable bonds is 6. The fraction of sp³-hybridized carbons (Fsp3) is 0.240. The van der Waals surface area contributed by atoms with Crippen LogP contribution in [-0.4, -0.2) is 25.5 Å². The Morgan fingerprint density at radius 3 is 2.38 bits per heavy atom. The van der Waals surface area contributed by atoms with E-state index >= 15 is 0 Å². The minimum Gasteiger partial charge on any atom is -0.372 e. The summed E-state index contributed by atoms with van der Waals surface area (Å²) in [5.41, 5.74) is 5.22. The quantitative estimate of drug-likeness (QED) is 0.470. The lowest BCUT2D eigenvalue weighted by Crippen LogP contribution is -2.40. The van der Waals surface area contributed by atoms with Crippen LogP contribution in [0.5, 0.6) is 0 Å². The molecule has 148 valence electrons. The maximum absolute atomic E-state index is 11.3. The van der Waals surface area contributed by atoms with E-state index in [1.54, 1.807) is 0 Å². The van der Waals surface area contributed by atoms with Gasteiger partial charge in [-0.15, -0.1) is 0 Å². The lowest BCUT2D eigenvalue weighted by atomic mass is 10.0. The van der Waals surface area contributed by atoms with Crippen molar-refractivity contribution >= 4 is 23.6 Å². The first kappa shape index (κ1) is 19.7. The van der Waals surface area contributed by atoms with Crippen LogP contribution in [0.25, 0.3) is 11.1 Å². The summed E-state index contributed by atoms with van der Waals surface area (Å²) in [7, 11) is 0. The largest absolute Gasteiger partial charge is 0.372 e. The molecule has 0 spiro atoms. The van der Waals surface area contributed by atoms with E-state index in [1.807, 2.05) is 48.5 Å². The van der Waals surface area contributed by atoms with Crippen molar-refractivity contribution in [1.29, 1.82) is 0 Å². The molecule has 1 saturated heterocycles. The zero-order valence-corrected chi connectivity index (χ0v) is 17.0. The van der Waals surface area contributed by atoms with E-state index in [2.05, 4.69) is 29.2 Å². The smallest absolute Gasteiger partial charge is 0.152 e. The van der Waals surface area contributed by atoms with Gasteiger partial charge in [0.2, 0.25) is 0 Å². The first-order chi connectivity index (χ1) is 14.2. The molecule has 1 unspecified atom stereocenters. The van der Waals surface area contributed by atoms with Crippen LogP contribution in [0.2, 0.25) is 5.02 Å². The van der Waals surface area contributed by atoms with Gasteiger partial charge in [0.05, 0.1) is 12.7 Å². The topological polar surface area (TPSA) is 29.5 Å². The second-order valence-corrected chi connectivity index (χ2v) is 7.84. The average Bonchev–Trinajstić information content (AvgIpc) is 2.79. The number of benzene rings is 3. The summed E-state index contributed by atoms with van der Waals surface area (Å²) in [6.07, 6.45) is 3.21. The highest BCUT2D eigenvalue weighted by molar-refractivity contribution is 6.30. The van der Waals surface area contributed by atoms with Gasteiger partial charge in [-0.3, -0.25) is 4.79 Å². The fourth-order valence-corrected chi connectivity index (χ4v) is 3.94. The molecule has 29 heavy (non-hydrogen) atoms. The number of piperidine rings is 1. The van der Waals surface area contributed by atoms with E-state index in [9.17, 15) is 4.79 Å². The van der Waals surface area contributed by atoms with Crippen molar-refractivity contribution in [2.75, 3.05) is 18.0 Å². The predicted molar refractivity (Wildman–Crippen MR) is 119 cm³/mol. The van der Waals surface area contributed by atoms with Gasteiger partial charge in [0.15, 0.2) is 6.29 Å². The van der Waals surface area contributed by atoms with Gasteiger partial charge in [-0.25, -0.2) is 0 Å². The summed E-state index contributed by atoms with van der Waals surface area (Å²) in [5.74, 6) is 0. The number of para-hydroxylation sites is 1. The zero-order valence-electron chi connectivity index (χ0n) is 16.3. The van der Waals surface area contributed by atoms with Gasteiger partial charge in [-0.2, -0.15) is 0 Å². The summed E-state index contributed by atoms with van der Waals surface area (Å²) >= 11 is 5.97. The third-order valence-electron chi connectivity index (χ3n) is 5.40. The Bertz CT molecular complexity index is 953. The SMILES string of the molecule is O=Cc1ccccc1N1CCCC(OCc2ccc(-c3ccc(Cl)cc3)cc2)C1. The summed E-state index contributed by atoms with van der Waals surface area (Å²) in [6.45, 7) is 2.36. The summed E-state index contributed by atoms with van der Waals surface area (Å²) in [4.78, 5) is 13.6. The number of halogens is 1. The minimum absolute atomic E-state index is 0.166. The fourth-order valence-electron chi connectivity index (χ4n) is 3.82. The molecule has 0 aliphatic carbocycles. The van der Waals surface area contributed by atoms with E-state index in [0.717, 1.165) is 59.6 Å². The van der Waals surface area contributed by atoms with Gasteiger partial charge in [0.25, 0.3) is 0 Å². The summed E-state index contributed by atoms with van der Waals surface area (Å²) in [5, 5.41) is 0.746. The predicted octanol–water partition coefficient (Wildman–Crippen LogP) is 6.01. The maximum Gasteiger partial charge on any atom is 0.152 e. The highest BCUT2D eigenvalue weighted by atomic mass is 35.5. The third-order valence-corrected chi connectivity index (χ3v) is 5.65. The van der Waals surface area contributed by atoms with E-state index in [1.165, 1.54) is 5.56 Å². The Morgan fingerprint density at radius 1 is 0.966 bits per heavy atom. The van der Waals surface area contributed by atoms with Crippen LogP contribution < -0.4 is 4.90 Å². The van der Waals surface area contributed by atoms with Crippen LogP contribution in [0, 0.1) is 0 Å². The van der Waals surface area contributed by atoms with Gasteiger partial charge < -0.3 is 9.64 Å². The van der Waals surface area contributed by atoms with Crippen LogP contribution in [0.3, 0.4) is 0 Å². The van der Waals surface area contributed by atoms with E-state index in [4.69, 9.17) is 16.3 Å². The Labute approximate surface area is 176 Å². The molecule has 0 aromatic heterocycles. The molecule has 3 aromatic rings. The standard InChI is InChI=1S/C25H24ClNO2/c26-23-13-11-21(12-14-23)20-9-7-19(8-10-20)18-29-24-5-3-15-27(16-24)25-6-2-1-4-22(25)17-28/h1-2,4,6-14,17,24H,3,5,15-16,18H2. The van der Waals surface area contributed by atoms with Crippen molar-refractivity contribution in [1.82, 2.24) is 0 Å².